The molecule has 3 rings (SSSR count). The first-order chi connectivity index (χ1) is 13.2. The Bertz CT molecular complexity index is 1020. The number of aromatic nitrogens is 3. The Hall–Kier alpha value is -3.31. The summed E-state index contributed by atoms with van der Waals surface area (Å²) >= 11 is 1.17. The number of nitriles is 1. The third-order valence-corrected chi connectivity index (χ3v) is 4.82. The topological polar surface area (TPSA) is 104 Å². The van der Waals surface area contributed by atoms with Crippen LogP contribution in [0.3, 0.4) is 0 Å². The first kappa shape index (κ1) is 18.5. The van der Waals surface area contributed by atoms with Crippen molar-refractivity contribution in [3.05, 3.63) is 76.2 Å². The molecule has 0 unspecified atom stereocenters. The van der Waals surface area contributed by atoms with E-state index >= 15 is 0 Å². The molecule has 7 nitrogen and oxygen atoms in total. The number of amides is 1. The van der Waals surface area contributed by atoms with Crippen LogP contribution in [0.4, 0.5) is 5.69 Å². The fraction of sp³-hybridized carbons (Fsp3) is 0.158. The first-order valence-electron chi connectivity index (χ1n) is 8.28. The second-order valence-electron chi connectivity index (χ2n) is 5.69. The maximum atomic E-state index is 12.2. The normalized spacial score (nSPS) is 10.3. The number of hydrogen-bond acceptors (Lipinski definition) is 5. The van der Waals surface area contributed by atoms with E-state index in [9.17, 15) is 9.59 Å². The molecule has 0 spiro atoms. The van der Waals surface area contributed by atoms with Crippen LogP contribution in [0.5, 0.6) is 0 Å². The van der Waals surface area contributed by atoms with Crippen molar-refractivity contribution in [2.45, 2.75) is 18.1 Å². The van der Waals surface area contributed by atoms with Crippen LogP contribution in [0.2, 0.25) is 0 Å². The number of hydrogen-bond donors (Lipinski definition) is 2. The fourth-order valence-corrected chi connectivity index (χ4v) is 3.27. The molecule has 1 amide bonds. The number of para-hydroxylation sites is 1. The summed E-state index contributed by atoms with van der Waals surface area (Å²) in [6.07, 6.45) is 0.690. The second kappa shape index (κ2) is 8.87. The number of carbonyl (C=O) groups is 1. The first-order valence-corrected chi connectivity index (χ1v) is 9.27. The number of carbonyl (C=O) groups excluding carboxylic acids is 1. The van der Waals surface area contributed by atoms with Crippen molar-refractivity contribution in [3.63, 3.8) is 0 Å². The highest BCUT2D eigenvalue weighted by atomic mass is 32.2. The van der Waals surface area contributed by atoms with Crippen LogP contribution < -0.4 is 11.0 Å². The minimum Gasteiger partial charge on any atom is -0.324 e. The number of anilines is 1. The predicted octanol–water partition coefficient (Wildman–Crippen LogP) is 2.42. The molecule has 0 saturated heterocycles. The Morgan fingerprint density at radius 2 is 1.93 bits per heavy atom. The number of aromatic amines is 1. The van der Waals surface area contributed by atoms with Crippen LogP contribution in [-0.2, 0) is 17.8 Å². The van der Waals surface area contributed by atoms with E-state index in [1.54, 1.807) is 24.3 Å². The van der Waals surface area contributed by atoms with E-state index in [2.05, 4.69) is 15.5 Å². The number of rotatable bonds is 7. The number of aryl methyl sites for hydroxylation is 1. The highest BCUT2D eigenvalue weighted by Crippen LogP contribution is 2.17. The average Bonchev–Trinajstić information content (AvgIpc) is 3.05. The third kappa shape index (κ3) is 4.86. The third-order valence-electron chi connectivity index (χ3n) is 3.84. The van der Waals surface area contributed by atoms with Crippen molar-refractivity contribution in [2.75, 3.05) is 11.1 Å². The van der Waals surface area contributed by atoms with E-state index in [1.165, 1.54) is 16.3 Å². The lowest BCUT2D eigenvalue weighted by molar-refractivity contribution is -0.113. The van der Waals surface area contributed by atoms with E-state index in [-0.39, 0.29) is 17.3 Å². The zero-order chi connectivity index (χ0) is 19.1. The fourth-order valence-electron chi connectivity index (χ4n) is 2.50. The van der Waals surface area contributed by atoms with Crippen LogP contribution in [0.15, 0.2) is 64.5 Å². The number of thioether (sulfide) groups is 1. The Kier molecular flexibility index (Phi) is 6.07. The highest BCUT2D eigenvalue weighted by Gasteiger charge is 2.12. The molecule has 1 heterocycles. The molecule has 0 fully saturated rings. The van der Waals surface area contributed by atoms with Crippen LogP contribution in [0, 0.1) is 11.3 Å². The Balaban J connectivity index is 1.60. The minimum atomic E-state index is -0.302. The minimum absolute atomic E-state index is 0.0788. The summed E-state index contributed by atoms with van der Waals surface area (Å²) in [4.78, 5) is 24.2. The largest absolute Gasteiger partial charge is 0.343 e. The predicted molar refractivity (Wildman–Crippen MR) is 104 cm³/mol. The van der Waals surface area contributed by atoms with Gasteiger partial charge in [0.1, 0.15) is 6.07 Å². The SMILES string of the molecule is N#Cc1ccccc1NC(=O)CSc1n[nH]c(=O)n1CCc1ccccc1. The zero-order valence-corrected chi connectivity index (χ0v) is 15.2. The molecule has 0 aliphatic carbocycles. The van der Waals surface area contributed by atoms with Crippen molar-refractivity contribution in [1.82, 2.24) is 14.8 Å². The van der Waals surface area contributed by atoms with Gasteiger partial charge >= 0.3 is 5.69 Å². The molecule has 8 heteroatoms. The van der Waals surface area contributed by atoms with E-state index < -0.39 is 0 Å². The number of H-pyrrole nitrogens is 1. The van der Waals surface area contributed by atoms with E-state index in [0.29, 0.717) is 29.4 Å². The van der Waals surface area contributed by atoms with Gasteiger partial charge in [0.15, 0.2) is 5.16 Å². The lowest BCUT2D eigenvalue weighted by Gasteiger charge is -2.07. The van der Waals surface area contributed by atoms with Crippen LogP contribution >= 0.6 is 11.8 Å². The lowest BCUT2D eigenvalue weighted by Crippen LogP contribution is -2.20. The molecule has 0 saturated carbocycles. The molecule has 27 heavy (non-hydrogen) atoms. The Morgan fingerprint density at radius 1 is 1.19 bits per heavy atom. The van der Waals surface area contributed by atoms with Crippen LogP contribution in [0.25, 0.3) is 0 Å². The number of nitrogens with one attached hydrogen (secondary N) is 2. The van der Waals surface area contributed by atoms with E-state index in [4.69, 9.17) is 5.26 Å². The summed E-state index contributed by atoms with van der Waals surface area (Å²) in [5.74, 6) is -0.192. The van der Waals surface area contributed by atoms with Gasteiger partial charge in [-0.2, -0.15) is 5.26 Å². The summed E-state index contributed by atoms with van der Waals surface area (Å²) in [5, 5.41) is 18.7. The van der Waals surface area contributed by atoms with Gasteiger partial charge < -0.3 is 5.32 Å². The van der Waals surface area contributed by atoms with Gasteiger partial charge in [0.05, 0.1) is 17.0 Å². The molecular weight excluding hydrogens is 362 g/mol. The highest BCUT2D eigenvalue weighted by molar-refractivity contribution is 7.99. The summed E-state index contributed by atoms with van der Waals surface area (Å²) in [6, 6.07) is 18.7. The smallest absolute Gasteiger partial charge is 0.324 e. The maximum Gasteiger partial charge on any atom is 0.343 e. The summed E-state index contributed by atoms with van der Waals surface area (Å²) in [7, 11) is 0. The molecule has 0 radical (unpaired) electrons. The molecule has 0 aliphatic rings. The van der Waals surface area contributed by atoms with Crippen molar-refractivity contribution in [3.8, 4) is 6.07 Å². The molecule has 3 aromatic rings. The van der Waals surface area contributed by atoms with Gasteiger partial charge in [-0.05, 0) is 24.1 Å². The van der Waals surface area contributed by atoms with Gasteiger partial charge in [0.25, 0.3) is 0 Å². The summed E-state index contributed by atoms with van der Waals surface area (Å²) < 4.78 is 1.52. The van der Waals surface area contributed by atoms with Gasteiger partial charge in [-0.25, -0.2) is 9.89 Å². The summed E-state index contributed by atoms with van der Waals surface area (Å²) in [5.41, 5.74) is 1.68. The zero-order valence-electron chi connectivity index (χ0n) is 14.4. The molecule has 0 aliphatic heterocycles. The van der Waals surface area contributed by atoms with Crippen LogP contribution in [0.1, 0.15) is 11.1 Å². The standard InChI is InChI=1S/C19H17N5O2S/c20-12-15-8-4-5-9-16(15)21-17(25)13-27-19-23-22-18(26)24(19)11-10-14-6-2-1-3-7-14/h1-9H,10-11,13H2,(H,21,25)(H,22,26). The lowest BCUT2D eigenvalue weighted by atomic mass is 10.1. The van der Waals surface area contributed by atoms with Gasteiger partial charge in [0, 0.05) is 6.54 Å². The molecule has 0 atom stereocenters. The quantitative estimate of drug-likeness (QED) is 0.614. The van der Waals surface area contributed by atoms with Crippen molar-refractivity contribution in [1.29, 1.82) is 5.26 Å². The molecular formula is C19H17N5O2S. The van der Waals surface area contributed by atoms with Gasteiger partial charge in [-0.15, -0.1) is 5.10 Å². The Morgan fingerprint density at radius 3 is 2.70 bits per heavy atom. The number of benzene rings is 2. The molecule has 2 aromatic carbocycles. The maximum absolute atomic E-state index is 12.2. The van der Waals surface area contributed by atoms with Gasteiger partial charge in [0.2, 0.25) is 5.91 Å². The van der Waals surface area contributed by atoms with E-state index in [0.717, 1.165) is 5.56 Å². The van der Waals surface area contributed by atoms with Crippen LogP contribution in [-0.4, -0.2) is 26.4 Å². The summed E-state index contributed by atoms with van der Waals surface area (Å²) in [6.45, 7) is 0.473. The Labute approximate surface area is 160 Å². The monoisotopic (exact) mass is 379 g/mol. The van der Waals surface area contributed by atoms with Gasteiger partial charge in [-0.3, -0.25) is 9.36 Å². The van der Waals surface area contributed by atoms with Crippen molar-refractivity contribution < 1.29 is 4.79 Å². The van der Waals surface area contributed by atoms with Crippen molar-refractivity contribution >= 4 is 23.4 Å². The van der Waals surface area contributed by atoms with Gasteiger partial charge in [-0.1, -0.05) is 54.2 Å². The average molecular weight is 379 g/mol. The van der Waals surface area contributed by atoms with Crippen molar-refractivity contribution in [2.24, 2.45) is 0 Å². The van der Waals surface area contributed by atoms with E-state index in [1.807, 2.05) is 36.4 Å². The molecule has 0 bridgehead atoms. The molecule has 136 valence electrons. The number of nitrogens with zero attached hydrogens (tertiary/aromatic N) is 3. The molecule has 1 aromatic heterocycles. The second-order valence-corrected chi connectivity index (χ2v) is 6.64. The molecule has 2 N–H and O–H groups in total.